The van der Waals surface area contributed by atoms with E-state index in [4.69, 9.17) is 17.0 Å². The molecule has 154 valence electrons. The van der Waals surface area contributed by atoms with Gasteiger partial charge in [0, 0.05) is 37.4 Å². The Morgan fingerprint density at radius 2 is 2.10 bits per heavy atom. The molecule has 2 saturated heterocycles. The lowest BCUT2D eigenvalue weighted by atomic mass is 10.0. The number of hydrogen-bond donors (Lipinski definition) is 1. The Balaban J connectivity index is 1.56. The van der Waals surface area contributed by atoms with Crippen molar-refractivity contribution in [1.29, 1.82) is 0 Å². The van der Waals surface area contributed by atoms with Crippen molar-refractivity contribution in [2.24, 2.45) is 0 Å². The third-order valence-electron chi connectivity index (χ3n) is 5.85. The second-order valence-corrected chi connectivity index (χ2v) is 8.30. The molecule has 5 rings (SSSR count). The second-order valence-electron chi connectivity index (χ2n) is 7.91. The number of nitrogens with one attached hydrogen (secondary N) is 1. The average Bonchev–Trinajstić information content (AvgIpc) is 3.51. The molecule has 30 heavy (non-hydrogen) atoms. The number of aryl methyl sites for hydroxylation is 1. The van der Waals surface area contributed by atoms with E-state index >= 15 is 0 Å². The van der Waals surface area contributed by atoms with Gasteiger partial charge in [0.1, 0.15) is 5.82 Å². The molecule has 0 spiro atoms. The second kappa shape index (κ2) is 8.16. The molecule has 0 amide bonds. The largest absolute Gasteiger partial charge is 0.376 e. The molecular formula is C23H25N5OS. The van der Waals surface area contributed by atoms with Crippen molar-refractivity contribution in [2.45, 2.75) is 38.0 Å². The summed E-state index contributed by atoms with van der Waals surface area (Å²) in [6.07, 6.45) is 8.18. The average molecular weight is 420 g/mol. The zero-order chi connectivity index (χ0) is 20.5. The van der Waals surface area contributed by atoms with Crippen molar-refractivity contribution in [1.82, 2.24) is 24.8 Å². The number of pyridine rings is 2. The Bertz CT molecular complexity index is 1010. The van der Waals surface area contributed by atoms with Crippen LogP contribution in [0, 0.1) is 6.92 Å². The van der Waals surface area contributed by atoms with Gasteiger partial charge in [-0.2, -0.15) is 0 Å². The predicted octanol–water partition coefficient (Wildman–Crippen LogP) is 3.73. The van der Waals surface area contributed by atoms with Gasteiger partial charge < -0.3 is 19.5 Å². The lowest BCUT2D eigenvalue weighted by molar-refractivity contribution is 0.0836. The molecule has 3 aromatic rings. The molecule has 6 nitrogen and oxygen atoms in total. The molecule has 0 aromatic carbocycles. The molecule has 0 aliphatic carbocycles. The first kappa shape index (κ1) is 19.2. The lowest BCUT2D eigenvalue weighted by Crippen LogP contribution is -2.36. The minimum atomic E-state index is -0.0424. The minimum absolute atomic E-state index is 0.00490. The van der Waals surface area contributed by atoms with E-state index in [9.17, 15) is 0 Å². The normalized spacial score (nSPS) is 23.7. The van der Waals surface area contributed by atoms with Gasteiger partial charge in [-0.1, -0.05) is 12.1 Å². The summed E-state index contributed by atoms with van der Waals surface area (Å²) in [6, 6.07) is 14.3. The van der Waals surface area contributed by atoms with Crippen molar-refractivity contribution in [2.75, 3.05) is 13.2 Å². The molecule has 3 unspecified atom stereocenters. The zero-order valence-corrected chi connectivity index (χ0v) is 17.8. The van der Waals surface area contributed by atoms with Crippen LogP contribution in [0.2, 0.25) is 0 Å². The number of aromatic nitrogens is 3. The lowest BCUT2D eigenvalue weighted by Gasteiger charge is -2.30. The van der Waals surface area contributed by atoms with E-state index in [2.05, 4.69) is 61.3 Å². The number of hydrogen-bond acceptors (Lipinski definition) is 4. The summed E-state index contributed by atoms with van der Waals surface area (Å²) in [5, 5.41) is 4.27. The highest BCUT2D eigenvalue weighted by atomic mass is 32.1. The van der Waals surface area contributed by atoms with Gasteiger partial charge in [0.05, 0.1) is 23.9 Å². The standard InChI is InChI=1S/C23H25N5OS/c1-16-9-10-20(25-14-16)27-12-4-8-19(27)22-21(18-7-2-3-11-24-18)26-23(30)28(22)15-17-6-5-13-29-17/h2-4,7-12,14,17,21-22H,5-6,13,15H2,1H3,(H,26,30). The number of rotatable bonds is 5. The van der Waals surface area contributed by atoms with Crippen LogP contribution in [0.1, 0.15) is 41.9 Å². The number of ether oxygens (including phenoxy) is 1. The summed E-state index contributed by atoms with van der Waals surface area (Å²) >= 11 is 5.79. The van der Waals surface area contributed by atoms with Crippen LogP contribution in [0.15, 0.2) is 61.1 Å². The zero-order valence-electron chi connectivity index (χ0n) is 16.9. The van der Waals surface area contributed by atoms with E-state index < -0.39 is 0 Å². The molecule has 0 bridgehead atoms. The Morgan fingerprint density at radius 1 is 1.17 bits per heavy atom. The van der Waals surface area contributed by atoms with E-state index in [0.29, 0.717) is 0 Å². The Morgan fingerprint density at radius 3 is 2.83 bits per heavy atom. The first-order valence-electron chi connectivity index (χ1n) is 10.4. The molecule has 7 heteroatoms. The van der Waals surface area contributed by atoms with Crippen LogP contribution in [-0.4, -0.2) is 43.8 Å². The number of nitrogens with zero attached hydrogens (tertiary/aromatic N) is 4. The Labute approximate surface area is 181 Å². The summed E-state index contributed by atoms with van der Waals surface area (Å²) in [5.41, 5.74) is 3.25. The van der Waals surface area contributed by atoms with E-state index in [0.717, 1.165) is 53.9 Å². The number of thiocarbonyl (C=S) groups is 1. The van der Waals surface area contributed by atoms with Gasteiger partial charge in [-0.3, -0.25) is 4.98 Å². The predicted molar refractivity (Wildman–Crippen MR) is 119 cm³/mol. The molecule has 2 aliphatic rings. The van der Waals surface area contributed by atoms with Gasteiger partial charge in [0.25, 0.3) is 0 Å². The van der Waals surface area contributed by atoms with E-state index in [-0.39, 0.29) is 18.2 Å². The van der Waals surface area contributed by atoms with Crippen molar-refractivity contribution >= 4 is 17.3 Å². The highest BCUT2D eigenvalue weighted by Gasteiger charge is 2.42. The van der Waals surface area contributed by atoms with Crippen molar-refractivity contribution in [3.63, 3.8) is 0 Å². The van der Waals surface area contributed by atoms with Gasteiger partial charge >= 0.3 is 0 Å². The van der Waals surface area contributed by atoms with Crippen LogP contribution in [0.3, 0.4) is 0 Å². The van der Waals surface area contributed by atoms with Crippen LogP contribution >= 0.6 is 12.2 Å². The van der Waals surface area contributed by atoms with Crippen molar-refractivity contribution in [3.8, 4) is 5.82 Å². The third kappa shape index (κ3) is 3.59. The molecule has 2 fully saturated rings. The summed E-state index contributed by atoms with van der Waals surface area (Å²) < 4.78 is 8.09. The van der Waals surface area contributed by atoms with Gasteiger partial charge in [-0.25, -0.2) is 4.98 Å². The maximum Gasteiger partial charge on any atom is 0.170 e. The monoisotopic (exact) mass is 419 g/mol. The maximum absolute atomic E-state index is 5.93. The molecule has 3 aromatic heterocycles. The Hall–Kier alpha value is -2.77. The van der Waals surface area contributed by atoms with Gasteiger partial charge in [-0.05, 0) is 67.9 Å². The fourth-order valence-corrected chi connectivity index (χ4v) is 4.69. The minimum Gasteiger partial charge on any atom is -0.376 e. The van der Waals surface area contributed by atoms with E-state index in [1.807, 2.05) is 31.5 Å². The quantitative estimate of drug-likeness (QED) is 0.636. The topological polar surface area (TPSA) is 55.2 Å². The highest BCUT2D eigenvalue weighted by molar-refractivity contribution is 7.80. The maximum atomic E-state index is 5.93. The summed E-state index contributed by atoms with van der Waals surface area (Å²) in [6.45, 7) is 3.65. The van der Waals surface area contributed by atoms with Gasteiger partial charge in [-0.15, -0.1) is 0 Å². The molecular weight excluding hydrogens is 394 g/mol. The SMILES string of the molecule is Cc1ccc(-n2cccc2C2C(c3ccccn3)NC(=S)N2CC2CCCO2)nc1. The first-order chi connectivity index (χ1) is 14.7. The van der Waals surface area contributed by atoms with E-state index in [1.54, 1.807) is 0 Å². The molecule has 5 heterocycles. The summed E-state index contributed by atoms with van der Waals surface area (Å²) in [4.78, 5) is 11.5. The van der Waals surface area contributed by atoms with Gasteiger partial charge in [0.15, 0.2) is 5.11 Å². The molecule has 0 saturated carbocycles. The van der Waals surface area contributed by atoms with Crippen LogP contribution < -0.4 is 5.32 Å². The fourth-order valence-electron chi connectivity index (χ4n) is 4.38. The molecule has 1 N–H and O–H groups in total. The van der Waals surface area contributed by atoms with Gasteiger partial charge in [0.2, 0.25) is 0 Å². The molecule has 2 aliphatic heterocycles. The Kier molecular flexibility index (Phi) is 5.23. The summed E-state index contributed by atoms with van der Waals surface area (Å²) in [5.74, 6) is 0.898. The fraction of sp³-hybridized carbons (Fsp3) is 0.348. The highest BCUT2D eigenvalue weighted by Crippen LogP contribution is 2.40. The van der Waals surface area contributed by atoms with Crippen molar-refractivity contribution < 1.29 is 4.74 Å². The third-order valence-corrected chi connectivity index (χ3v) is 6.20. The van der Waals surface area contributed by atoms with Crippen molar-refractivity contribution in [3.05, 3.63) is 78.0 Å². The van der Waals surface area contributed by atoms with Crippen LogP contribution in [-0.2, 0) is 4.74 Å². The van der Waals surface area contributed by atoms with Crippen LogP contribution in [0.5, 0.6) is 0 Å². The first-order valence-corrected chi connectivity index (χ1v) is 10.8. The van der Waals surface area contributed by atoms with Crippen LogP contribution in [0.25, 0.3) is 5.82 Å². The molecule has 0 radical (unpaired) electrons. The van der Waals surface area contributed by atoms with E-state index in [1.165, 1.54) is 0 Å². The van der Waals surface area contributed by atoms with Crippen LogP contribution in [0.4, 0.5) is 0 Å². The smallest absolute Gasteiger partial charge is 0.170 e. The summed E-state index contributed by atoms with van der Waals surface area (Å²) in [7, 11) is 0. The molecule has 3 atom stereocenters.